The minimum absolute atomic E-state index is 0.116. The number of hydrogen-bond donors (Lipinski definition) is 0. The summed E-state index contributed by atoms with van der Waals surface area (Å²) in [5.74, 6) is 0.840. The summed E-state index contributed by atoms with van der Waals surface area (Å²) in [4.78, 5) is 14.4. The highest BCUT2D eigenvalue weighted by Crippen LogP contribution is 2.44. The highest BCUT2D eigenvalue weighted by Gasteiger charge is 2.51. The van der Waals surface area contributed by atoms with Crippen molar-refractivity contribution in [3.05, 3.63) is 82.9 Å². The van der Waals surface area contributed by atoms with Gasteiger partial charge in [0.05, 0.1) is 19.8 Å². The summed E-state index contributed by atoms with van der Waals surface area (Å²) < 4.78 is 56.4. The molecule has 0 bridgehead atoms. The molecular formula is C24H19ClF3NO4. The minimum atomic E-state index is -4.54. The zero-order valence-electron chi connectivity index (χ0n) is 17.6. The van der Waals surface area contributed by atoms with Crippen molar-refractivity contribution >= 4 is 23.2 Å². The monoisotopic (exact) mass is 477 g/mol. The zero-order chi connectivity index (χ0) is 23.8. The van der Waals surface area contributed by atoms with Gasteiger partial charge < -0.3 is 14.2 Å². The van der Waals surface area contributed by atoms with Gasteiger partial charge in [0.2, 0.25) is 6.10 Å². The van der Waals surface area contributed by atoms with Crippen LogP contribution in [0.15, 0.2) is 66.7 Å². The highest BCUT2D eigenvalue weighted by atomic mass is 35.5. The molecule has 172 valence electrons. The number of β-lactam (4-membered cyclic amide) rings is 1. The molecule has 0 unspecified atom stereocenters. The summed E-state index contributed by atoms with van der Waals surface area (Å²) in [6.45, 7) is 0. The average Bonchev–Trinajstić information content (AvgIpc) is 2.81. The molecular weight excluding hydrogens is 459 g/mol. The maximum atomic E-state index is 13.3. The van der Waals surface area contributed by atoms with Gasteiger partial charge in [-0.1, -0.05) is 23.7 Å². The molecule has 1 saturated heterocycles. The van der Waals surface area contributed by atoms with Crippen molar-refractivity contribution in [2.45, 2.75) is 18.3 Å². The molecule has 1 amide bonds. The van der Waals surface area contributed by atoms with Gasteiger partial charge in [-0.2, -0.15) is 13.2 Å². The summed E-state index contributed by atoms with van der Waals surface area (Å²) >= 11 is 5.92. The van der Waals surface area contributed by atoms with Crippen LogP contribution in [0.25, 0.3) is 0 Å². The largest absolute Gasteiger partial charge is 0.493 e. The van der Waals surface area contributed by atoms with E-state index in [0.717, 1.165) is 12.1 Å². The lowest BCUT2D eigenvalue weighted by Gasteiger charge is -2.46. The van der Waals surface area contributed by atoms with Crippen LogP contribution in [-0.2, 0) is 11.0 Å². The van der Waals surface area contributed by atoms with E-state index in [-0.39, 0.29) is 5.69 Å². The fourth-order valence-corrected chi connectivity index (χ4v) is 3.84. The Kier molecular flexibility index (Phi) is 6.12. The molecule has 0 aliphatic carbocycles. The second-order valence-corrected chi connectivity index (χ2v) is 7.74. The lowest BCUT2D eigenvalue weighted by molar-refractivity contribution is -0.138. The number of ether oxygens (including phenoxy) is 3. The Hall–Kier alpha value is -3.39. The number of benzene rings is 3. The molecule has 0 spiro atoms. The molecule has 4 rings (SSSR count). The molecule has 1 fully saturated rings. The topological polar surface area (TPSA) is 48.0 Å². The molecule has 33 heavy (non-hydrogen) atoms. The number of methoxy groups -OCH3 is 2. The van der Waals surface area contributed by atoms with Crippen LogP contribution in [0.3, 0.4) is 0 Å². The van der Waals surface area contributed by atoms with Crippen LogP contribution >= 0.6 is 11.6 Å². The number of alkyl halides is 3. The third-order valence-electron chi connectivity index (χ3n) is 5.32. The summed E-state index contributed by atoms with van der Waals surface area (Å²) in [5.41, 5.74) is -0.116. The fraction of sp³-hybridized carbons (Fsp3) is 0.208. The van der Waals surface area contributed by atoms with Gasteiger partial charge in [0.1, 0.15) is 11.8 Å². The number of anilines is 1. The summed E-state index contributed by atoms with van der Waals surface area (Å²) in [6.07, 6.45) is -5.50. The Bertz CT molecular complexity index is 1170. The van der Waals surface area contributed by atoms with E-state index in [9.17, 15) is 18.0 Å². The Balaban J connectivity index is 1.75. The van der Waals surface area contributed by atoms with E-state index < -0.39 is 29.8 Å². The van der Waals surface area contributed by atoms with Gasteiger partial charge in [-0.3, -0.25) is 9.69 Å². The van der Waals surface area contributed by atoms with E-state index in [1.54, 1.807) is 42.5 Å². The molecule has 5 nitrogen and oxygen atoms in total. The minimum Gasteiger partial charge on any atom is -0.493 e. The SMILES string of the molecule is COc1ccc([C@H]2[C@H](Oc3ccc(Cl)cc3)C(=O)N2c2cccc(C(F)(F)F)c2)cc1OC. The van der Waals surface area contributed by atoms with Crippen LogP contribution in [0.2, 0.25) is 5.02 Å². The molecule has 9 heteroatoms. The van der Waals surface area contributed by atoms with Crippen LogP contribution < -0.4 is 19.1 Å². The summed E-state index contributed by atoms with van der Waals surface area (Å²) in [7, 11) is 2.96. The molecule has 1 heterocycles. The van der Waals surface area contributed by atoms with Crippen molar-refractivity contribution in [1.29, 1.82) is 0 Å². The Morgan fingerprint density at radius 1 is 0.909 bits per heavy atom. The first-order chi connectivity index (χ1) is 15.7. The Morgan fingerprint density at radius 3 is 2.24 bits per heavy atom. The predicted octanol–water partition coefficient (Wildman–Crippen LogP) is 5.91. The highest BCUT2D eigenvalue weighted by molar-refractivity contribution is 6.30. The van der Waals surface area contributed by atoms with Gasteiger partial charge in [0, 0.05) is 10.7 Å². The number of amides is 1. The smallest absolute Gasteiger partial charge is 0.416 e. The van der Waals surface area contributed by atoms with Gasteiger partial charge in [0.25, 0.3) is 5.91 Å². The van der Waals surface area contributed by atoms with Gasteiger partial charge in [-0.05, 0) is 60.2 Å². The van der Waals surface area contributed by atoms with E-state index >= 15 is 0 Å². The van der Waals surface area contributed by atoms with Crippen molar-refractivity contribution in [2.75, 3.05) is 19.1 Å². The van der Waals surface area contributed by atoms with Crippen molar-refractivity contribution < 1.29 is 32.2 Å². The van der Waals surface area contributed by atoms with E-state index in [0.29, 0.717) is 27.8 Å². The van der Waals surface area contributed by atoms with Crippen LogP contribution in [0.4, 0.5) is 18.9 Å². The maximum absolute atomic E-state index is 13.3. The van der Waals surface area contributed by atoms with Crippen LogP contribution in [0, 0.1) is 0 Å². The van der Waals surface area contributed by atoms with Crippen molar-refractivity contribution in [1.82, 2.24) is 0 Å². The first-order valence-electron chi connectivity index (χ1n) is 9.87. The molecule has 1 aliphatic rings. The molecule has 0 radical (unpaired) electrons. The Labute approximate surface area is 193 Å². The average molecular weight is 478 g/mol. The van der Waals surface area contributed by atoms with E-state index in [2.05, 4.69) is 0 Å². The molecule has 1 aliphatic heterocycles. The Morgan fingerprint density at radius 2 is 1.61 bits per heavy atom. The second-order valence-electron chi connectivity index (χ2n) is 7.31. The molecule has 0 saturated carbocycles. The van der Waals surface area contributed by atoms with E-state index in [1.165, 1.54) is 31.3 Å². The summed E-state index contributed by atoms with van der Waals surface area (Å²) in [5, 5.41) is 0.504. The number of nitrogens with zero attached hydrogens (tertiary/aromatic N) is 1. The number of carbonyl (C=O) groups is 1. The first kappa shape index (κ1) is 22.8. The van der Waals surface area contributed by atoms with Crippen LogP contribution in [-0.4, -0.2) is 26.2 Å². The van der Waals surface area contributed by atoms with Crippen molar-refractivity contribution in [3.8, 4) is 17.2 Å². The number of hydrogen-bond acceptors (Lipinski definition) is 4. The van der Waals surface area contributed by atoms with Gasteiger partial charge in [-0.15, -0.1) is 0 Å². The molecule has 0 aromatic heterocycles. The third kappa shape index (κ3) is 4.43. The molecule has 3 aromatic rings. The standard InChI is InChI=1S/C24H19ClF3NO4/c1-31-19-11-6-14(12-20(19)32-2)21-22(33-18-9-7-16(25)8-10-18)23(30)29(21)17-5-3-4-15(13-17)24(26,27)28/h3-13,21-22H,1-2H3/t21-,22-/m0/s1. The maximum Gasteiger partial charge on any atom is 0.416 e. The summed E-state index contributed by atoms with van der Waals surface area (Å²) in [6, 6.07) is 15.5. The quantitative estimate of drug-likeness (QED) is 0.414. The number of rotatable bonds is 6. The van der Waals surface area contributed by atoms with Crippen molar-refractivity contribution in [3.63, 3.8) is 0 Å². The fourth-order valence-electron chi connectivity index (χ4n) is 3.72. The van der Waals surface area contributed by atoms with Crippen LogP contribution in [0.1, 0.15) is 17.2 Å². The molecule has 3 aromatic carbocycles. The molecule has 0 N–H and O–H groups in total. The third-order valence-corrected chi connectivity index (χ3v) is 5.58. The first-order valence-corrected chi connectivity index (χ1v) is 10.2. The van der Waals surface area contributed by atoms with Crippen LogP contribution in [0.5, 0.6) is 17.2 Å². The zero-order valence-corrected chi connectivity index (χ0v) is 18.4. The van der Waals surface area contributed by atoms with E-state index in [4.69, 9.17) is 25.8 Å². The number of halogens is 4. The second kappa shape index (κ2) is 8.86. The predicted molar refractivity (Wildman–Crippen MR) is 117 cm³/mol. The number of carbonyl (C=O) groups excluding carboxylic acids is 1. The normalized spacial score (nSPS) is 18.0. The lowest BCUT2D eigenvalue weighted by Crippen LogP contribution is -2.61. The lowest BCUT2D eigenvalue weighted by atomic mass is 9.89. The van der Waals surface area contributed by atoms with E-state index in [1.807, 2.05) is 0 Å². The van der Waals surface area contributed by atoms with Gasteiger partial charge in [-0.25, -0.2) is 0 Å². The van der Waals surface area contributed by atoms with Gasteiger partial charge >= 0.3 is 6.18 Å². The molecule has 2 atom stereocenters. The van der Waals surface area contributed by atoms with Gasteiger partial charge in [0.15, 0.2) is 11.5 Å². The van der Waals surface area contributed by atoms with Crippen molar-refractivity contribution in [2.24, 2.45) is 0 Å².